The zero-order valence-corrected chi connectivity index (χ0v) is 13.6. The second-order valence-electron chi connectivity index (χ2n) is 6.25. The van der Waals surface area contributed by atoms with Crippen LogP contribution in [0.3, 0.4) is 0 Å². The third-order valence-electron chi connectivity index (χ3n) is 4.54. The molecule has 126 valence electrons. The first-order valence-corrected chi connectivity index (χ1v) is 8.24. The average molecular weight is 328 g/mol. The molecule has 1 aromatic carbocycles. The molecule has 2 aliphatic rings. The van der Waals surface area contributed by atoms with Crippen molar-refractivity contribution < 1.29 is 14.1 Å². The number of carbonyl (C=O) groups excluding carboxylic acids is 1. The number of nitrogens with zero attached hydrogens (tertiary/aromatic N) is 4. The van der Waals surface area contributed by atoms with Crippen LogP contribution < -0.4 is 4.74 Å². The van der Waals surface area contributed by atoms with Crippen LogP contribution in [0.5, 0.6) is 5.75 Å². The number of carbonyl (C=O) groups is 1. The van der Waals surface area contributed by atoms with E-state index in [1.807, 2.05) is 29.2 Å². The van der Waals surface area contributed by atoms with E-state index in [-0.39, 0.29) is 12.0 Å². The highest BCUT2D eigenvalue weighted by molar-refractivity contribution is 5.82. The van der Waals surface area contributed by atoms with Gasteiger partial charge in [-0.3, -0.25) is 9.69 Å². The summed E-state index contributed by atoms with van der Waals surface area (Å²) in [5.74, 6) is 2.20. The third kappa shape index (κ3) is 2.99. The summed E-state index contributed by atoms with van der Waals surface area (Å²) in [4.78, 5) is 21.0. The van der Waals surface area contributed by atoms with Crippen molar-refractivity contribution in [1.29, 1.82) is 0 Å². The monoisotopic (exact) mass is 328 g/mol. The van der Waals surface area contributed by atoms with Gasteiger partial charge < -0.3 is 14.2 Å². The molecule has 0 N–H and O–H groups in total. The van der Waals surface area contributed by atoms with E-state index in [0.717, 1.165) is 24.4 Å². The van der Waals surface area contributed by atoms with E-state index in [2.05, 4.69) is 15.0 Å². The van der Waals surface area contributed by atoms with Gasteiger partial charge in [0, 0.05) is 39.5 Å². The number of aromatic nitrogens is 2. The highest BCUT2D eigenvalue weighted by atomic mass is 16.5. The maximum absolute atomic E-state index is 12.7. The number of hydrogen-bond acceptors (Lipinski definition) is 6. The highest BCUT2D eigenvalue weighted by Crippen LogP contribution is 2.29. The Kier molecular flexibility index (Phi) is 3.93. The van der Waals surface area contributed by atoms with E-state index < -0.39 is 0 Å². The molecule has 0 saturated carbocycles. The summed E-state index contributed by atoms with van der Waals surface area (Å²) in [6.45, 7) is 5.45. The molecule has 4 rings (SSSR count). The molecule has 1 amide bonds. The average Bonchev–Trinajstić information content (AvgIpc) is 3.21. The van der Waals surface area contributed by atoms with Gasteiger partial charge in [0.05, 0.1) is 6.54 Å². The fourth-order valence-electron chi connectivity index (χ4n) is 3.26. The van der Waals surface area contributed by atoms with Crippen molar-refractivity contribution in [3.63, 3.8) is 0 Å². The van der Waals surface area contributed by atoms with E-state index in [9.17, 15) is 4.79 Å². The van der Waals surface area contributed by atoms with Gasteiger partial charge in [0.1, 0.15) is 5.75 Å². The van der Waals surface area contributed by atoms with Crippen LogP contribution in [0.25, 0.3) is 0 Å². The zero-order valence-electron chi connectivity index (χ0n) is 13.6. The highest BCUT2D eigenvalue weighted by Gasteiger charge is 2.33. The Hall–Kier alpha value is -2.41. The summed E-state index contributed by atoms with van der Waals surface area (Å²) in [5, 5.41) is 3.92. The first-order valence-electron chi connectivity index (χ1n) is 8.24. The Bertz CT molecular complexity index is 712. The van der Waals surface area contributed by atoms with E-state index in [1.165, 1.54) is 0 Å². The van der Waals surface area contributed by atoms with E-state index >= 15 is 0 Å². The van der Waals surface area contributed by atoms with Crippen molar-refractivity contribution >= 4 is 5.91 Å². The van der Waals surface area contributed by atoms with Crippen molar-refractivity contribution in [1.82, 2.24) is 19.9 Å². The number of aryl methyl sites for hydroxylation is 1. The molecule has 0 radical (unpaired) electrons. The minimum Gasteiger partial charge on any atom is -0.480 e. The van der Waals surface area contributed by atoms with Gasteiger partial charge in [0.25, 0.3) is 5.91 Å². The Balaban J connectivity index is 1.31. The second kappa shape index (κ2) is 6.24. The van der Waals surface area contributed by atoms with Crippen molar-refractivity contribution in [2.75, 3.05) is 26.2 Å². The predicted molar refractivity (Wildman–Crippen MR) is 85.5 cm³/mol. The van der Waals surface area contributed by atoms with Crippen molar-refractivity contribution in [2.24, 2.45) is 0 Å². The molecule has 2 aliphatic heterocycles. The van der Waals surface area contributed by atoms with Gasteiger partial charge in [0.2, 0.25) is 5.89 Å². The smallest absolute Gasteiger partial charge is 0.264 e. The Morgan fingerprint density at radius 2 is 2.04 bits per heavy atom. The molecule has 0 aliphatic carbocycles. The van der Waals surface area contributed by atoms with Crippen LogP contribution >= 0.6 is 0 Å². The van der Waals surface area contributed by atoms with Crippen LogP contribution in [0.15, 0.2) is 28.8 Å². The lowest BCUT2D eigenvalue weighted by Crippen LogP contribution is -2.52. The first kappa shape index (κ1) is 15.1. The maximum atomic E-state index is 12.7. The first-order chi connectivity index (χ1) is 11.7. The second-order valence-corrected chi connectivity index (χ2v) is 6.25. The Morgan fingerprint density at radius 1 is 1.25 bits per heavy atom. The summed E-state index contributed by atoms with van der Waals surface area (Å²) >= 11 is 0. The van der Waals surface area contributed by atoms with Crippen LogP contribution in [-0.4, -0.2) is 58.1 Å². The zero-order chi connectivity index (χ0) is 16.5. The van der Waals surface area contributed by atoms with E-state index in [4.69, 9.17) is 9.26 Å². The summed E-state index contributed by atoms with van der Waals surface area (Å²) < 4.78 is 10.8. The lowest BCUT2D eigenvalue weighted by molar-refractivity contribution is -0.139. The van der Waals surface area contributed by atoms with Gasteiger partial charge in [-0.05, 0) is 11.6 Å². The topological polar surface area (TPSA) is 71.7 Å². The van der Waals surface area contributed by atoms with Gasteiger partial charge in [0.15, 0.2) is 11.9 Å². The largest absolute Gasteiger partial charge is 0.480 e. The molecule has 0 unspecified atom stereocenters. The molecule has 7 nitrogen and oxygen atoms in total. The normalized spacial score (nSPS) is 20.7. The van der Waals surface area contributed by atoms with Gasteiger partial charge in [-0.15, -0.1) is 0 Å². The molecule has 3 heterocycles. The van der Waals surface area contributed by atoms with E-state index in [1.54, 1.807) is 6.92 Å². The maximum Gasteiger partial charge on any atom is 0.264 e. The van der Waals surface area contributed by atoms with Gasteiger partial charge in [-0.2, -0.15) is 4.98 Å². The number of para-hydroxylation sites is 1. The fraction of sp³-hybridized carbons (Fsp3) is 0.471. The summed E-state index contributed by atoms with van der Waals surface area (Å²) in [6, 6.07) is 7.86. The number of fused-ring (bicyclic) bond motifs is 1. The van der Waals surface area contributed by atoms with Gasteiger partial charge in [-0.1, -0.05) is 23.4 Å². The SMILES string of the molecule is Cc1nc(CN2CCN(C(=O)[C@H]3Cc4ccccc4O3)CC2)no1. The minimum atomic E-state index is -0.381. The quantitative estimate of drug-likeness (QED) is 0.838. The molecule has 1 saturated heterocycles. The molecule has 2 aromatic rings. The molecule has 24 heavy (non-hydrogen) atoms. The Labute approximate surface area is 140 Å². The number of hydrogen-bond donors (Lipinski definition) is 0. The standard InChI is InChI=1S/C17H20N4O3/c1-12-18-16(19-24-12)11-20-6-8-21(9-7-20)17(22)15-10-13-4-2-3-5-14(13)23-15/h2-5,15H,6-11H2,1H3/t15-/m1/s1. The van der Waals surface area contributed by atoms with Gasteiger partial charge >= 0.3 is 0 Å². The third-order valence-corrected chi connectivity index (χ3v) is 4.54. The molecule has 7 heteroatoms. The lowest BCUT2D eigenvalue weighted by Gasteiger charge is -2.35. The van der Waals surface area contributed by atoms with Crippen molar-refractivity contribution in [2.45, 2.75) is 26.0 Å². The number of benzene rings is 1. The summed E-state index contributed by atoms with van der Waals surface area (Å²) in [5.41, 5.74) is 1.11. The molecular weight excluding hydrogens is 308 g/mol. The van der Waals surface area contributed by atoms with Gasteiger partial charge in [-0.25, -0.2) is 0 Å². The molecular formula is C17H20N4O3. The Morgan fingerprint density at radius 3 is 2.75 bits per heavy atom. The van der Waals surface area contributed by atoms with Crippen molar-refractivity contribution in [3.8, 4) is 5.75 Å². The summed E-state index contributed by atoms with van der Waals surface area (Å²) in [6.07, 6.45) is 0.283. The number of piperazine rings is 1. The molecule has 1 aromatic heterocycles. The minimum absolute atomic E-state index is 0.0845. The number of rotatable bonds is 3. The predicted octanol–water partition coefficient (Wildman–Crippen LogP) is 1.03. The van der Waals surface area contributed by atoms with Crippen LogP contribution in [-0.2, 0) is 17.8 Å². The number of ether oxygens (including phenoxy) is 1. The van der Waals surface area contributed by atoms with Crippen LogP contribution in [0, 0.1) is 6.92 Å². The molecule has 0 bridgehead atoms. The van der Waals surface area contributed by atoms with Crippen LogP contribution in [0.4, 0.5) is 0 Å². The molecule has 0 spiro atoms. The van der Waals surface area contributed by atoms with Crippen molar-refractivity contribution in [3.05, 3.63) is 41.5 Å². The molecule has 1 fully saturated rings. The lowest BCUT2D eigenvalue weighted by atomic mass is 10.1. The van der Waals surface area contributed by atoms with E-state index in [0.29, 0.717) is 37.8 Å². The van der Waals surface area contributed by atoms with Crippen LogP contribution in [0.1, 0.15) is 17.3 Å². The number of amides is 1. The fourth-order valence-corrected chi connectivity index (χ4v) is 3.26. The van der Waals surface area contributed by atoms with Crippen LogP contribution in [0.2, 0.25) is 0 Å². The summed E-state index contributed by atoms with van der Waals surface area (Å²) in [7, 11) is 0. The molecule has 1 atom stereocenters.